The van der Waals surface area contributed by atoms with Crippen LogP contribution < -0.4 is 10.6 Å². The van der Waals surface area contributed by atoms with Crippen LogP contribution in [0.4, 0.5) is 17.5 Å². The molecule has 2 rings (SSSR count). The summed E-state index contributed by atoms with van der Waals surface area (Å²) in [5.74, 6) is 1.10. The Hall–Kier alpha value is -1.92. The number of hydrogen-bond donors (Lipinski definition) is 1. The Bertz CT molecular complexity index is 469. The molecule has 7 heteroatoms. The van der Waals surface area contributed by atoms with Crippen molar-refractivity contribution in [2.45, 2.75) is 26.7 Å². The number of nitrogen functional groups attached to an aromatic ring is 1. The van der Waals surface area contributed by atoms with Crippen molar-refractivity contribution in [1.29, 1.82) is 0 Å². The van der Waals surface area contributed by atoms with E-state index < -0.39 is 4.92 Å². The van der Waals surface area contributed by atoms with Crippen molar-refractivity contribution in [3.05, 3.63) is 15.8 Å². The highest BCUT2D eigenvalue weighted by Crippen LogP contribution is 2.31. The van der Waals surface area contributed by atoms with E-state index in [0.29, 0.717) is 17.4 Å². The number of rotatable bonds is 2. The predicted octanol–water partition coefficient (Wildman–Crippen LogP) is 1.51. The van der Waals surface area contributed by atoms with Crippen molar-refractivity contribution < 1.29 is 4.92 Å². The molecular weight excluding hydrogens is 234 g/mol. The van der Waals surface area contributed by atoms with Gasteiger partial charge in [-0.25, -0.2) is 4.98 Å². The average Bonchev–Trinajstić information content (AvgIpc) is 2.28. The maximum atomic E-state index is 11.1. The highest BCUT2D eigenvalue weighted by molar-refractivity contribution is 5.62. The molecule has 1 fully saturated rings. The van der Waals surface area contributed by atoms with Crippen molar-refractivity contribution >= 4 is 17.5 Å². The molecular formula is C11H17N5O2. The normalized spacial score (nSPS) is 16.9. The molecule has 1 aromatic rings. The Morgan fingerprint density at radius 3 is 2.56 bits per heavy atom. The van der Waals surface area contributed by atoms with Crippen LogP contribution in [0, 0.1) is 23.0 Å². The third-order valence-corrected chi connectivity index (χ3v) is 3.32. The molecule has 2 heterocycles. The number of piperidine rings is 1. The van der Waals surface area contributed by atoms with Gasteiger partial charge in [0.2, 0.25) is 11.8 Å². The molecule has 1 saturated heterocycles. The topological polar surface area (TPSA) is 98.2 Å². The summed E-state index contributed by atoms with van der Waals surface area (Å²) >= 11 is 0. The molecule has 2 N–H and O–H groups in total. The Morgan fingerprint density at radius 2 is 2.00 bits per heavy atom. The lowest BCUT2D eigenvalue weighted by molar-refractivity contribution is -0.385. The van der Waals surface area contributed by atoms with E-state index in [2.05, 4.69) is 16.9 Å². The summed E-state index contributed by atoms with van der Waals surface area (Å²) in [7, 11) is 0. The van der Waals surface area contributed by atoms with Crippen LogP contribution in [-0.4, -0.2) is 28.0 Å². The van der Waals surface area contributed by atoms with Crippen molar-refractivity contribution in [3.8, 4) is 0 Å². The molecule has 0 atom stereocenters. The first-order valence-electron chi connectivity index (χ1n) is 6.02. The van der Waals surface area contributed by atoms with Gasteiger partial charge in [-0.1, -0.05) is 6.92 Å². The van der Waals surface area contributed by atoms with Gasteiger partial charge in [0.15, 0.2) is 0 Å². The Morgan fingerprint density at radius 1 is 1.39 bits per heavy atom. The van der Waals surface area contributed by atoms with Crippen LogP contribution in [0.25, 0.3) is 0 Å². The lowest BCUT2D eigenvalue weighted by Crippen LogP contribution is -2.34. The molecule has 98 valence electrons. The second-order valence-electron chi connectivity index (χ2n) is 4.77. The van der Waals surface area contributed by atoms with Crippen molar-refractivity contribution in [1.82, 2.24) is 9.97 Å². The van der Waals surface area contributed by atoms with E-state index in [1.165, 1.54) is 0 Å². The van der Waals surface area contributed by atoms with Crippen LogP contribution in [0.1, 0.15) is 25.5 Å². The quantitative estimate of drug-likeness (QED) is 0.632. The predicted molar refractivity (Wildman–Crippen MR) is 68.4 cm³/mol. The van der Waals surface area contributed by atoms with Gasteiger partial charge < -0.3 is 10.6 Å². The van der Waals surface area contributed by atoms with E-state index in [1.807, 2.05) is 4.90 Å². The van der Waals surface area contributed by atoms with Gasteiger partial charge in [-0.05, 0) is 25.7 Å². The molecule has 0 spiro atoms. The number of nitrogens with two attached hydrogens (primary N) is 1. The number of hydrogen-bond acceptors (Lipinski definition) is 6. The molecule has 0 bridgehead atoms. The van der Waals surface area contributed by atoms with Crippen LogP contribution in [0.3, 0.4) is 0 Å². The molecule has 0 aliphatic carbocycles. The fourth-order valence-electron chi connectivity index (χ4n) is 2.23. The number of aryl methyl sites for hydroxylation is 1. The Balaban J connectivity index is 2.39. The van der Waals surface area contributed by atoms with E-state index in [4.69, 9.17) is 5.73 Å². The Kier molecular flexibility index (Phi) is 3.31. The summed E-state index contributed by atoms with van der Waals surface area (Å²) in [6.45, 7) is 5.33. The van der Waals surface area contributed by atoms with Gasteiger partial charge in [-0.3, -0.25) is 10.1 Å². The van der Waals surface area contributed by atoms with Gasteiger partial charge in [0.05, 0.1) is 4.92 Å². The fraction of sp³-hybridized carbons (Fsp3) is 0.636. The summed E-state index contributed by atoms with van der Waals surface area (Å²) < 4.78 is 0. The Labute approximate surface area is 105 Å². The van der Waals surface area contributed by atoms with E-state index in [9.17, 15) is 10.1 Å². The maximum absolute atomic E-state index is 11.1. The van der Waals surface area contributed by atoms with Crippen LogP contribution in [0.2, 0.25) is 0 Å². The first-order valence-corrected chi connectivity index (χ1v) is 6.02. The van der Waals surface area contributed by atoms with E-state index >= 15 is 0 Å². The number of aromatic nitrogens is 2. The minimum atomic E-state index is -0.428. The summed E-state index contributed by atoms with van der Waals surface area (Å²) in [5, 5.41) is 11.1. The van der Waals surface area contributed by atoms with Crippen molar-refractivity contribution in [3.63, 3.8) is 0 Å². The second-order valence-corrected chi connectivity index (χ2v) is 4.77. The van der Waals surface area contributed by atoms with Gasteiger partial charge in [0.1, 0.15) is 5.69 Å². The minimum absolute atomic E-state index is 0.0289. The van der Waals surface area contributed by atoms with E-state index in [1.54, 1.807) is 6.92 Å². The first-order chi connectivity index (χ1) is 8.49. The molecule has 0 unspecified atom stereocenters. The lowest BCUT2D eigenvalue weighted by Gasteiger charge is -2.30. The molecule has 7 nitrogen and oxygen atoms in total. The SMILES string of the molecule is Cc1nc(N)nc(N2CCC(C)CC2)c1[N+](=O)[O-]. The maximum Gasteiger partial charge on any atom is 0.332 e. The third-order valence-electron chi connectivity index (χ3n) is 3.32. The zero-order valence-electron chi connectivity index (χ0n) is 10.6. The number of nitro groups is 1. The summed E-state index contributed by atoms with van der Waals surface area (Å²) in [5.41, 5.74) is 5.88. The van der Waals surface area contributed by atoms with Gasteiger partial charge in [0.25, 0.3) is 0 Å². The number of nitrogens with zero attached hydrogens (tertiary/aromatic N) is 4. The summed E-state index contributed by atoms with van der Waals surface area (Å²) in [6, 6.07) is 0. The second kappa shape index (κ2) is 4.75. The van der Waals surface area contributed by atoms with Gasteiger partial charge >= 0.3 is 5.69 Å². The monoisotopic (exact) mass is 251 g/mol. The number of anilines is 2. The van der Waals surface area contributed by atoms with Crippen molar-refractivity contribution in [2.75, 3.05) is 23.7 Å². The van der Waals surface area contributed by atoms with Crippen LogP contribution >= 0.6 is 0 Å². The van der Waals surface area contributed by atoms with E-state index in [0.717, 1.165) is 25.9 Å². The minimum Gasteiger partial charge on any atom is -0.368 e. The molecule has 0 amide bonds. The molecule has 1 aliphatic rings. The van der Waals surface area contributed by atoms with Gasteiger partial charge in [-0.2, -0.15) is 4.98 Å². The third kappa shape index (κ3) is 2.34. The first kappa shape index (κ1) is 12.5. The van der Waals surface area contributed by atoms with E-state index in [-0.39, 0.29) is 11.6 Å². The van der Waals surface area contributed by atoms with Crippen LogP contribution in [0.5, 0.6) is 0 Å². The smallest absolute Gasteiger partial charge is 0.332 e. The van der Waals surface area contributed by atoms with Gasteiger partial charge in [-0.15, -0.1) is 0 Å². The molecule has 1 aromatic heterocycles. The molecule has 1 aliphatic heterocycles. The summed E-state index contributed by atoms with van der Waals surface area (Å²) in [6.07, 6.45) is 2.03. The average molecular weight is 251 g/mol. The molecule has 0 aromatic carbocycles. The fourth-order valence-corrected chi connectivity index (χ4v) is 2.23. The highest BCUT2D eigenvalue weighted by atomic mass is 16.6. The van der Waals surface area contributed by atoms with Gasteiger partial charge in [0, 0.05) is 13.1 Å². The zero-order valence-corrected chi connectivity index (χ0v) is 10.6. The zero-order chi connectivity index (χ0) is 13.3. The largest absolute Gasteiger partial charge is 0.368 e. The molecule has 0 saturated carbocycles. The van der Waals surface area contributed by atoms with Crippen LogP contribution in [-0.2, 0) is 0 Å². The molecule has 0 radical (unpaired) electrons. The lowest BCUT2D eigenvalue weighted by atomic mass is 9.99. The highest BCUT2D eigenvalue weighted by Gasteiger charge is 2.28. The van der Waals surface area contributed by atoms with Crippen LogP contribution in [0.15, 0.2) is 0 Å². The summed E-state index contributed by atoms with van der Waals surface area (Å²) in [4.78, 5) is 20.5. The molecule has 18 heavy (non-hydrogen) atoms. The standard InChI is InChI=1S/C11H17N5O2/c1-7-3-5-15(6-4-7)10-9(16(17)18)8(2)13-11(12)14-10/h7H,3-6H2,1-2H3,(H2,12,13,14). The van der Waals surface area contributed by atoms with Crippen molar-refractivity contribution in [2.24, 2.45) is 5.92 Å².